The van der Waals surface area contributed by atoms with E-state index < -0.39 is 0 Å². The van der Waals surface area contributed by atoms with Gasteiger partial charge in [0.1, 0.15) is 5.75 Å². The molecule has 0 aliphatic rings. The summed E-state index contributed by atoms with van der Waals surface area (Å²) in [6.45, 7) is 2.08. The first-order valence-corrected chi connectivity index (χ1v) is 8.38. The minimum absolute atomic E-state index is 0.830. The summed E-state index contributed by atoms with van der Waals surface area (Å²) in [6.07, 6.45) is 0. The summed E-state index contributed by atoms with van der Waals surface area (Å²) < 4.78 is 7.30. The van der Waals surface area contributed by atoms with Crippen molar-refractivity contribution in [1.82, 2.24) is 14.8 Å². The molecule has 0 saturated heterocycles. The second kappa shape index (κ2) is 6.87. The molecule has 3 rings (SSSR count). The topological polar surface area (TPSA) is 39.9 Å². The molecule has 1 heterocycles. The van der Waals surface area contributed by atoms with Crippen molar-refractivity contribution in [2.45, 2.75) is 17.8 Å². The van der Waals surface area contributed by atoms with Gasteiger partial charge in [-0.3, -0.25) is 0 Å². The molecule has 0 N–H and O–H groups in total. The fraction of sp³-hybridized carbons (Fsp3) is 0.222. The van der Waals surface area contributed by atoms with Crippen LogP contribution in [0.3, 0.4) is 0 Å². The Kier molecular flexibility index (Phi) is 4.67. The van der Waals surface area contributed by atoms with Gasteiger partial charge < -0.3 is 9.30 Å². The molecule has 0 saturated carbocycles. The minimum atomic E-state index is 0.830. The number of thioether (sulfide) groups is 1. The fourth-order valence-electron chi connectivity index (χ4n) is 2.39. The first kappa shape index (κ1) is 15.6. The summed E-state index contributed by atoms with van der Waals surface area (Å²) in [4.78, 5) is 0. The quantitative estimate of drug-likeness (QED) is 0.662. The highest BCUT2D eigenvalue weighted by Crippen LogP contribution is 2.26. The predicted octanol–water partition coefficient (Wildman–Crippen LogP) is 4.09. The Hall–Kier alpha value is -2.27. The van der Waals surface area contributed by atoms with Gasteiger partial charge in [-0.2, -0.15) is 0 Å². The van der Waals surface area contributed by atoms with E-state index in [1.54, 1.807) is 18.9 Å². The summed E-state index contributed by atoms with van der Waals surface area (Å²) in [5.74, 6) is 2.60. The number of rotatable bonds is 5. The highest BCUT2D eigenvalue weighted by Gasteiger charge is 2.11. The molecule has 0 radical (unpaired) electrons. The number of aromatic nitrogens is 3. The van der Waals surface area contributed by atoms with Crippen molar-refractivity contribution >= 4 is 11.8 Å². The molecule has 118 valence electrons. The molecular formula is C18H19N3OS. The molecule has 0 amide bonds. The lowest BCUT2D eigenvalue weighted by Gasteiger charge is -2.06. The average Bonchev–Trinajstić information content (AvgIpc) is 2.94. The van der Waals surface area contributed by atoms with Gasteiger partial charge in [-0.05, 0) is 30.7 Å². The summed E-state index contributed by atoms with van der Waals surface area (Å²) in [5, 5.41) is 9.57. The van der Waals surface area contributed by atoms with E-state index in [1.807, 2.05) is 35.9 Å². The molecule has 1 aromatic heterocycles. The predicted molar refractivity (Wildman–Crippen MR) is 93.7 cm³/mol. The van der Waals surface area contributed by atoms with Crippen LogP contribution in [0.4, 0.5) is 0 Å². The maximum atomic E-state index is 5.26. The van der Waals surface area contributed by atoms with Crippen molar-refractivity contribution in [3.8, 4) is 17.1 Å². The third kappa shape index (κ3) is 3.56. The zero-order valence-corrected chi connectivity index (χ0v) is 14.3. The van der Waals surface area contributed by atoms with Crippen LogP contribution in [0, 0.1) is 6.92 Å². The third-order valence-corrected chi connectivity index (χ3v) is 4.70. The fourth-order valence-corrected chi connectivity index (χ4v) is 3.24. The minimum Gasteiger partial charge on any atom is -0.497 e. The summed E-state index contributed by atoms with van der Waals surface area (Å²) >= 11 is 1.67. The van der Waals surface area contributed by atoms with Gasteiger partial charge in [0.25, 0.3) is 0 Å². The lowest BCUT2D eigenvalue weighted by Crippen LogP contribution is -1.95. The molecule has 2 aromatic carbocycles. The number of aryl methyl sites for hydroxylation is 1. The van der Waals surface area contributed by atoms with Gasteiger partial charge in [-0.25, -0.2) is 0 Å². The Morgan fingerprint density at radius 3 is 2.70 bits per heavy atom. The molecular weight excluding hydrogens is 306 g/mol. The average molecular weight is 325 g/mol. The first-order valence-electron chi connectivity index (χ1n) is 7.39. The van der Waals surface area contributed by atoms with Crippen LogP contribution in [-0.2, 0) is 12.8 Å². The van der Waals surface area contributed by atoms with Crippen LogP contribution in [0.15, 0.2) is 53.7 Å². The maximum Gasteiger partial charge on any atom is 0.191 e. The number of benzene rings is 2. The van der Waals surface area contributed by atoms with Crippen LogP contribution in [0.25, 0.3) is 11.4 Å². The Labute approximate surface area is 140 Å². The number of ether oxygens (including phenoxy) is 1. The van der Waals surface area contributed by atoms with E-state index in [0.717, 1.165) is 28.0 Å². The molecule has 0 bridgehead atoms. The second-order valence-electron chi connectivity index (χ2n) is 5.37. The van der Waals surface area contributed by atoms with Gasteiger partial charge in [0.2, 0.25) is 0 Å². The Morgan fingerprint density at radius 2 is 1.91 bits per heavy atom. The van der Waals surface area contributed by atoms with Crippen molar-refractivity contribution in [2.75, 3.05) is 7.11 Å². The highest BCUT2D eigenvalue weighted by molar-refractivity contribution is 7.98. The lowest BCUT2D eigenvalue weighted by atomic mass is 10.1. The van der Waals surface area contributed by atoms with Crippen LogP contribution in [-0.4, -0.2) is 21.9 Å². The normalized spacial score (nSPS) is 10.7. The highest BCUT2D eigenvalue weighted by atomic mass is 32.2. The molecule has 0 unspecified atom stereocenters. The Morgan fingerprint density at radius 1 is 1.09 bits per heavy atom. The van der Waals surface area contributed by atoms with E-state index in [2.05, 4.69) is 41.4 Å². The van der Waals surface area contributed by atoms with Crippen LogP contribution in [0.2, 0.25) is 0 Å². The van der Waals surface area contributed by atoms with Crippen molar-refractivity contribution in [3.63, 3.8) is 0 Å². The van der Waals surface area contributed by atoms with Gasteiger partial charge in [-0.1, -0.05) is 47.7 Å². The molecule has 3 aromatic rings. The van der Waals surface area contributed by atoms with Crippen LogP contribution < -0.4 is 4.74 Å². The Bertz CT molecular complexity index is 814. The zero-order valence-electron chi connectivity index (χ0n) is 13.5. The SMILES string of the molecule is COc1cccc(CSc2nnc(-c3cccc(C)c3)n2C)c1. The van der Waals surface area contributed by atoms with Crippen molar-refractivity contribution in [1.29, 1.82) is 0 Å². The monoisotopic (exact) mass is 325 g/mol. The van der Waals surface area contributed by atoms with Crippen LogP contribution in [0.5, 0.6) is 5.75 Å². The molecule has 0 aliphatic carbocycles. The molecule has 0 fully saturated rings. The number of hydrogen-bond donors (Lipinski definition) is 0. The lowest BCUT2D eigenvalue weighted by molar-refractivity contribution is 0.414. The molecule has 4 nitrogen and oxygen atoms in total. The molecule has 5 heteroatoms. The first-order chi connectivity index (χ1) is 11.2. The standard InChI is InChI=1S/C18H19N3OS/c1-13-6-4-8-15(10-13)17-19-20-18(21(17)2)23-12-14-7-5-9-16(11-14)22-3/h4-11H,12H2,1-3H3. The molecule has 0 atom stereocenters. The van der Waals surface area contributed by atoms with E-state index in [4.69, 9.17) is 4.74 Å². The third-order valence-electron chi connectivity index (χ3n) is 3.61. The van der Waals surface area contributed by atoms with Gasteiger partial charge in [-0.15, -0.1) is 10.2 Å². The van der Waals surface area contributed by atoms with Crippen LogP contribution in [0.1, 0.15) is 11.1 Å². The number of hydrogen-bond acceptors (Lipinski definition) is 4. The van der Waals surface area contributed by atoms with E-state index in [-0.39, 0.29) is 0 Å². The number of methoxy groups -OCH3 is 1. The number of nitrogens with zero attached hydrogens (tertiary/aromatic N) is 3. The summed E-state index contributed by atoms with van der Waals surface area (Å²) in [5.41, 5.74) is 3.51. The zero-order chi connectivity index (χ0) is 16.2. The van der Waals surface area contributed by atoms with E-state index in [9.17, 15) is 0 Å². The second-order valence-corrected chi connectivity index (χ2v) is 6.32. The van der Waals surface area contributed by atoms with Crippen LogP contribution >= 0.6 is 11.8 Å². The van der Waals surface area contributed by atoms with Crippen molar-refractivity contribution < 1.29 is 4.74 Å². The van der Waals surface area contributed by atoms with Gasteiger partial charge >= 0.3 is 0 Å². The van der Waals surface area contributed by atoms with E-state index in [1.165, 1.54) is 11.1 Å². The van der Waals surface area contributed by atoms with E-state index >= 15 is 0 Å². The maximum absolute atomic E-state index is 5.26. The largest absolute Gasteiger partial charge is 0.497 e. The smallest absolute Gasteiger partial charge is 0.191 e. The van der Waals surface area contributed by atoms with E-state index in [0.29, 0.717) is 0 Å². The van der Waals surface area contributed by atoms with Crippen molar-refractivity contribution in [2.24, 2.45) is 7.05 Å². The molecule has 23 heavy (non-hydrogen) atoms. The summed E-state index contributed by atoms with van der Waals surface area (Å²) in [7, 11) is 3.69. The molecule has 0 spiro atoms. The van der Waals surface area contributed by atoms with Gasteiger partial charge in [0.05, 0.1) is 7.11 Å². The Balaban J connectivity index is 1.77. The van der Waals surface area contributed by atoms with Gasteiger partial charge in [0, 0.05) is 18.4 Å². The van der Waals surface area contributed by atoms with Gasteiger partial charge in [0.15, 0.2) is 11.0 Å². The van der Waals surface area contributed by atoms with Crippen molar-refractivity contribution in [3.05, 3.63) is 59.7 Å². The molecule has 0 aliphatic heterocycles. The summed E-state index contributed by atoms with van der Waals surface area (Å²) in [6, 6.07) is 16.4.